The maximum atomic E-state index is 11.7. The fourth-order valence-corrected chi connectivity index (χ4v) is 8.35. The van der Waals surface area contributed by atoms with Crippen LogP contribution in [0.1, 0.15) is 100 Å². The first kappa shape index (κ1) is 30.1. The van der Waals surface area contributed by atoms with E-state index >= 15 is 0 Å². The van der Waals surface area contributed by atoms with Gasteiger partial charge in [0.2, 0.25) is 6.04 Å². The van der Waals surface area contributed by atoms with E-state index in [4.69, 9.17) is 15.7 Å². The number of ether oxygens (including phenoxy) is 1. The predicted octanol–water partition coefficient (Wildman–Crippen LogP) is 9.09. The average molecular weight is 544 g/mol. The van der Waals surface area contributed by atoms with Gasteiger partial charge in [0.25, 0.3) is 0 Å². The first-order chi connectivity index (χ1) is 17.5. The van der Waals surface area contributed by atoms with E-state index in [9.17, 15) is 4.79 Å². The molecule has 0 bridgehead atoms. The minimum atomic E-state index is -1.86. The molecule has 1 aromatic rings. The highest BCUT2D eigenvalue weighted by Crippen LogP contribution is 2.51. The minimum absolute atomic E-state index is 0.109. The van der Waals surface area contributed by atoms with E-state index in [1.165, 1.54) is 37.7 Å². The maximum Gasteiger partial charge on any atom is 0.348 e. The fourth-order valence-electron chi connectivity index (χ4n) is 5.97. The summed E-state index contributed by atoms with van der Waals surface area (Å²) in [5.74, 6) is 0.665. The van der Waals surface area contributed by atoms with Crippen LogP contribution in [0.25, 0.3) is 4.85 Å². The van der Waals surface area contributed by atoms with Crippen molar-refractivity contribution in [3.05, 3.63) is 45.5 Å². The molecule has 0 aliphatic heterocycles. The molecule has 6 heteroatoms. The highest BCUT2D eigenvalue weighted by Gasteiger charge is 2.48. The number of carbonyl (C=O) groups excluding carboxylic acids is 1. The largest absolute Gasteiger partial charge is 0.465 e. The van der Waals surface area contributed by atoms with E-state index in [1.807, 2.05) is 6.07 Å². The van der Waals surface area contributed by atoms with Gasteiger partial charge in [-0.05, 0) is 93.0 Å². The summed E-state index contributed by atoms with van der Waals surface area (Å²) in [6, 6.07) is 4.03. The molecule has 1 heterocycles. The minimum Gasteiger partial charge on any atom is -0.465 e. The Hall–Kier alpha value is -1.42. The van der Waals surface area contributed by atoms with Gasteiger partial charge in [-0.2, -0.15) is 0 Å². The number of rotatable bonds is 12. The number of carbonyl (C=O) groups is 1. The van der Waals surface area contributed by atoms with Crippen LogP contribution in [0.2, 0.25) is 18.1 Å². The predicted molar refractivity (Wildman–Crippen MR) is 158 cm³/mol. The second-order valence-electron chi connectivity index (χ2n) is 12.9. The smallest absolute Gasteiger partial charge is 0.348 e. The van der Waals surface area contributed by atoms with Crippen molar-refractivity contribution < 1.29 is 14.0 Å². The monoisotopic (exact) mass is 543 g/mol. The molecule has 2 fully saturated rings. The van der Waals surface area contributed by atoms with Gasteiger partial charge in [-0.3, -0.25) is 0 Å². The average Bonchev–Trinajstić information content (AvgIpc) is 3.44. The van der Waals surface area contributed by atoms with Gasteiger partial charge in [0, 0.05) is 11.3 Å². The zero-order valence-corrected chi connectivity index (χ0v) is 26.1. The lowest BCUT2D eigenvalue weighted by atomic mass is 9.63. The highest BCUT2D eigenvalue weighted by molar-refractivity contribution is 7.13. The van der Waals surface area contributed by atoms with Gasteiger partial charge in [-0.25, -0.2) is 11.4 Å². The molecule has 2 aliphatic rings. The SMILES string of the molecule is [C-]#[N+][C@@H]1CC[C@H](CCCc2ccc(C(=O)OC)s2)[C@H]1C=CCC(O[Si](C)(C)C(C)(C)C)C1(CC)CCC1. The molecule has 0 aromatic carbocycles. The summed E-state index contributed by atoms with van der Waals surface area (Å²) in [6.07, 6.45) is 16.5. The van der Waals surface area contributed by atoms with Gasteiger partial charge in [-0.15, -0.1) is 11.3 Å². The van der Waals surface area contributed by atoms with Gasteiger partial charge in [0.15, 0.2) is 8.32 Å². The summed E-state index contributed by atoms with van der Waals surface area (Å²) in [7, 11) is -0.430. The second kappa shape index (κ2) is 12.6. The summed E-state index contributed by atoms with van der Waals surface area (Å²) >= 11 is 1.54. The zero-order chi connectivity index (χ0) is 27.3. The number of esters is 1. The third-order valence-electron chi connectivity index (χ3n) is 9.72. The number of hydrogen-bond acceptors (Lipinski definition) is 4. The molecule has 4 nitrogen and oxygen atoms in total. The molecule has 0 spiro atoms. The Balaban J connectivity index is 1.63. The highest BCUT2D eigenvalue weighted by atomic mass is 32.1. The third-order valence-corrected chi connectivity index (χ3v) is 15.3. The summed E-state index contributed by atoms with van der Waals surface area (Å²) in [5.41, 5.74) is 0.331. The molecule has 2 saturated carbocycles. The molecule has 0 N–H and O–H groups in total. The van der Waals surface area contributed by atoms with Crippen LogP contribution >= 0.6 is 11.3 Å². The zero-order valence-electron chi connectivity index (χ0n) is 24.3. The number of methoxy groups -OCH3 is 1. The molecule has 0 saturated heterocycles. The number of hydrogen-bond donors (Lipinski definition) is 0. The van der Waals surface area contributed by atoms with Gasteiger partial charge in [0.1, 0.15) is 4.88 Å². The Kier molecular flexibility index (Phi) is 10.3. The van der Waals surface area contributed by atoms with Crippen molar-refractivity contribution in [2.24, 2.45) is 17.3 Å². The molecule has 0 amide bonds. The van der Waals surface area contributed by atoms with Crippen molar-refractivity contribution in [3.8, 4) is 0 Å². The van der Waals surface area contributed by atoms with E-state index in [2.05, 4.69) is 63.9 Å². The Morgan fingerprint density at radius 1 is 1.30 bits per heavy atom. The van der Waals surface area contributed by atoms with Crippen LogP contribution in [0.3, 0.4) is 0 Å². The molecule has 1 aromatic heterocycles. The number of aryl methyl sites for hydroxylation is 1. The lowest BCUT2D eigenvalue weighted by Crippen LogP contribution is -2.51. The van der Waals surface area contributed by atoms with Crippen LogP contribution in [0, 0.1) is 23.8 Å². The van der Waals surface area contributed by atoms with E-state index in [-0.39, 0.29) is 23.2 Å². The molecule has 2 aliphatic carbocycles. The van der Waals surface area contributed by atoms with E-state index in [0.717, 1.165) is 38.5 Å². The van der Waals surface area contributed by atoms with Crippen LogP contribution in [-0.4, -0.2) is 33.5 Å². The number of nitrogens with zero attached hydrogens (tertiary/aromatic N) is 1. The first-order valence-electron chi connectivity index (χ1n) is 14.3. The molecule has 37 heavy (non-hydrogen) atoms. The Morgan fingerprint density at radius 2 is 2.03 bits per heavy atom. The van der Waals surface area contributed by atoms with Gasteiger partial charge in [0.05, 0.1) is 19.1 Å². The Morgan fingerprint density at radius 3 is 2.59 bits per heavy atom. The summed E-state index contributed by atoms with van der Waals surface area (Å²) < 4.78 is 11.9. The summed E-state index contributed by atoms with van der Waals surface area (Å²) in [4.78, 5) is 17.7. The first-order valence-corrected chi connectivity index (χ1v) is 18.1. The number of thiophene rings is 1. The quantitative estimate of drug-likeness (QED) is 0.114. The van der Waals surface area contributed by atoms with Crippen molar-refractivity contribution >= 4 is 25.6 Å². The Labute approximate surface area is 231 Å². The standard InChI is InChI=1S/C31H49NO3SSi/c1-9-31(21-12-22-31)28(35-37(7,8)30(2,3)4)16-11-15-25-23(17-19-26(25)32-5)13-10-14-24-18-20-27(36-24)29(33)34-6/h11,15,18,20,23,25-26,28H,9-10,12-14,16-17,19,21-22H2,1-4,6-8H3/t23-,25+,26+,28?/m0/s1. The molecule has 206 valence electrons. The fraction of sp³-hybridized carbons (Fsp3) is 0.742. The van der Waals surface area contributed by atoms with Crippen LogP contribution in [0.15, 0.2) is 24.3 Å². The van der Waals surface area contributed by atoms with Crippen molar-refractivity contribution in [2.75, 3.05) is 7.11 Å². The lowest BCUT2D eigenvalue weighted by Gasteiger charge is -2.51. The van der Waals surface area contributed by atoms with Crippen molar-refractivity contribution in [2.45, 2.75) is 122 Å². The molecule has 3 rings (SSSR count). The molecule has 1 unspecified atom stereocenters. The summed E-state index contributed by atoms with van der Waals surface area (Å²) in [6.45, 7) is 21.9. The maximum absolute atomic E-state index is 11.7. The van der Waals surface area contributed by atoms with Crippen molar-refractivity contribution in [1.29, 1.82) is 0 Å². The molecule has 4 atom stereocenters. The summed E-state index contributed by atoms with van der Waals surface area (Å²) in [5, 5.41) is 0.208. The molecular formula is C31H49NO3SSi. The van der Waals surface area contributed by atoms with Crippen LogP contribution < -0.4 is 0 Å². The van der Waals surface area contributed by atoms with E-state index in [1.54, 1.807) is 11.3 Å². The van der Waals surface area contributed by atoms with Crippen molar-refractivity contribution in [1.82, 2.24) is 0 Å². The van der Waals surface area contributed by atoms with Gasteiger partial charge < -0.3 is 14.0 Å². The van der Waals surface area contributed by atoms with E-state index in [0.29, 0.717) is 22.1 Å². The van der Waals surface area contributed by atoms with Crippen LogP contribution in [-0.2, 0) is 15.6 Å². The Bertz CT molecular complexity index is 960. The van der Waals surface area contributed by atoms with Gasteiger partial charge in [-0.1, -0.05) is 46.3 Å². The lowest BCUT2D eigenvalue weighted by molar-refractivity contribution is -0.0272. The van der Waals surface area contributed by atoms with Crippen LogP contribution in [0.4, 0.5) is 0 Å². The van der Waals surface area contributed by atoms with Crippen molar-refractivity contribution in [3.63, 3.8) is 0 Å². The topological polar surface area (TPSA) is 39.9 Å². The second-order valence-corrected chi connectivity index (χ2v) is 18.8. The third kappa shape index (κ3) is 7.16. The normalized spacial score (nSPS) is 24.5. The molecular weight excluding hydrogens is 494 g/mol. The van der Waals surface area contributed by atoms with Gasteiger partial charge >= 0.3 is 5.97 Å². The van der Waals surface area contributed by atoms with Crippen LogP contribution in [0.5, 0.6) is 0 Å². The molecule has 0 radical (unpaired) electrons. The van der Waals surface area contributed by atoms with E-state index < -0.39 is 8.32 Å².